The maximum atomic E-state index is 13.5. The fraction of sp³-hybridized carbons (Fsp3) is 0.407. The number of hydrogen-bond acceptors (Lipinski definition) is 4. The Kier molecular flexibility index (Phi) is 5.73. The van der Waals surface area contributed by atoms with Crippen LogP contribution in [0, 0.1) is 5.92 Å². The van der Waals surface area contributed by atoms with Crippen LogP contribution in [0.25, 0.3) is 0 Å². The van der Waals surface area contributed by atoms with E-state index in [1.165, 1.54) is 0 Å². The molecule has 5 rings (SSSR count). The standard InChI is InChI=1S/C27H29NO4/c1-2-16-28-24(19-12-14-20(15-13-19)31-17-18-8-4-3-5-9-18)23-25(29)21-10-6-7-11-22(21)32-26(23)27(28)30/h3-5,8-9,12-15,21-22,24H,2,6-7,10-11,16-17H2,1H3. The van der Waals surface area contributed by atoms with Crippen LogP contribution in [0.15, 0.2) is 65.9 Å². The minimum Gasteiger partial charge on any atom is -0.489 e. The molecule has 1 amide bonds. The van der Waals surface area contributed by atoms with Crippen LogP contribution >= 0.6 is 0 Å². The number of carbonyl (C=O) groups is 2. The van der Waals surface area contributed by atoms with Gasteiger partial charge in [-0.25, -0.2) is 0 Å². The van der Waals surface area contributed by atoms with E-state index in [1.54, 1.807) is 4.90 Å². The van der Waals surface area contributed by atoms with Gasteiger partial charge in [0.2, 0.25) is 0 Å². The van der Waals surface area contributed by atoms with Crippen LogP contribution in [-0.4, -0.2) is 29.2 Å². The molecule has 0 aromatic heterocycles. The Bertz CT molecular complexity index is 1030. The third-order valence-corrected chi connectivity index (χ3v) is 6.77. The lowest BCUT2D eigenvalue weighted by molar-refractivity contribution is -0.135. The van der Waals surface area contributed by atoms with Crippen LogP contribution in [0.2, 0.25) is 0 Å². The number of nitrogens with zero attached hydrogens (tertiary/aromatic N) is 1. The summed E-state index contributed by atoms with van der Waals surface area (Å²) in [7, 11) is 0. The molecule has 0 N–H and O–H groups in total. The van der Waals surface area contributed by atoms with E-state index in [-0.39, 0.29) is 29.8 Å². The van der Waals surface area contributed by atoms with E-state index in [0.717, 1.165) is 49.0 Å². The number of rotatable bonds is 6. The largest absolute Gasteiger partial charge is 0.489 e. The van der Waals surface area contributed by atoms with E-state index in [2.05, 4.69) is 0 Å². The van der Waals surface area contributed by atoms with Gasteiger partial charge in [-0.15, -0.1) is 0 Å². The van der Waals surface area contributed by atoms with Gasteiger partial charge in [0.25, 0.3) is 5.91 Å². The SMILES string of the molecule is CCCN1C(=O)C2=C(C(=O)C3CCCCC3O2)C1c1ccc(OCc2ccccc2)cc1. The molecule has 166 valence electrons. The van der Waals surface area contributed by atoms with Crippen molar-refractivity contribution in [3.05, 3.63) is 77.1 Å². The smallest absolute Gasteiger partial charge is 0.290 e. The summed E-state index contributed by atoms with van der Waals surface area (Å²) in [5.74, 6) is 0.900. The molecule has 3 aliphatic rings. The number of amides is 1. The number of hydrogen-bond donors (Lipinski definition) is 0. The zero-order valence-corrected chi connectivity index (χ0v) is 18.5. The second-order valence-electron chi connectivity index (χ2n) is 8.90. The summed E-state index contributed by atoms with van der Waals surface area (Å²) in [4.78, 5) is 28.5. The zero-order valence-electron chi connectivity index (χ0n) is 18.5. The minimum absolute atomic E-state index is 0.109. The molecular weight excluding hydrogens is 402 g/mol. The van der Waals surface area contributed by atoms with Crippen molar-refractivity contribution in [1.29, 1.82) is 0 Å². The molecule has 0 spiro atoms. The monoisotopic (exact) mass is 431 g/mol. The topological polar surface area (TPSA) is 55.8 Å². The Balaban J connectivity index is 1.41. The van der Waals surface area contributed by atoms with Crippen molar-refractivity contribution in [2.45, 2.75) is 57.8 Å². The maximum Gasteiger partial charge on any atom is 0.290 e. The number of Topliss-reactive ketones (excluding diaryl/α,β-unsaturated/α-hetero) is 1. The first-order chi connectivity index (χ1) is 15.7. The van der Waals surface area contributed by atoms with Gasteiger partial charge in [0.1, 0.15) is 18.5 Å². The Morgan fingerprint density at radius 1 is 1.00 bits per heavy atom. The highest BCUT2D eigenvalue weighted by atomic mass is 16.5. The van der Waals surface area contributed by atoms with Crippen molar-refractivity contribution in [3.8, 4) is 5.75 Å². The molecule has 5 heteroatoms. The van der Waals surface area contributed by atoms with E-state index in [0.29, 0.717) is 24.5 Å². The van der Waals surface area contributed by atoms with E-state index in [4.69, 9.17) is 9.47 Å². The van der Waals surface area contributed by atoms with Crippen LogP contribution in [0.4, 0.5) is 0 Å². The molecule has 5 nitrogen and oxygen atoms in total. The van der Waals surface area contributed by atoms with Crippen molar-refractivity contribution < 1.29 is 19.1 Å². The van der Waals surface area contributed by atoms with Gasteiger partial charge in [-0.2, -0.15) is 0 Å². The molecule has 2 aromatic carbocycles. The quantitative estimate of drug-likeness (QED) is 0.648. The fourth-order valence-corrected chi connectivity index (χ4v) is 5.20. The number of benzene rings is 2. The number of carbonyl (C=O) groups excluding carboxylic acids is 2. The molecule has 2 aromatic rings. The molecule has 2 aliphatic heterocycles. The molecule has 2 heterocycles. The molecule has 3 unspecified atom stereocenters. The van der Waals surface area contributed by atoms with Gasteiger partial charge in [0, 0.05) is 6.54 Å². The molecule has 0 saturated heterocycles. The van der Waals surface area contributed by atoms with Crippen molar-refractivity contribution in [1.82, 2.24) is 4.90 Å². The summed E-state index contributed by atoms with van der Waals surface area (Å²) in [6.45, 7) is 3.13. The van der Waals surface area contributed by atoms with Gasteiger partial charge in [-0.05, 0) is 48.9 Å². The predicted molar refractivity (Wildman–Crippen MR) is 121 cm³/mol. The van der Waals surface area contributed by atoms with Gasteiger partial charge in [0.05, 0.1) is 17.5 Å². The maximum absolute atomic E-state index is 13.5. The van der Waals surface area contributed by atoms with E-state index in [1.807, 2.05) is 61.5 Å². The number of fused-ring (bicyclic) bond motifs is 1. The lowest BCUT2D eigenvalue weighted by atomic mass is 9.77. The van der Waals surface area contributed by atoms with Gasteiger partial charge in [0.15, 0.2) is 11.5 Å². The van der Waals surface area contributed by atoms with Crippen LogP contribution in [-0.2, 0) is 20.9 Å². The summed E-state index contributed by atoms with van der Waals surface area (Å²) >= 11 is 0. The summed E-state index contributed by atoms with van der Waals surface area (Å²) in [5, 5.41) is 0. The third-order valence-electron chi connectivity index (χ3n) is 6.77. The van der Waals surface area contributed by atoms with E-state index >= 15 is 0 Å². The Hall–Kier alpha value is -3.08. The Morgan fingerprint density at radius 2 is 1.75 bits per heavy atom. The second kappa shape index (κ2) is 8.81. The molecule has 1 fully saturated rings. The summed E-state index contributed by atoms with van der Waals surface area (Å²) in [6.07, 6.45) is 4.48. The van der Waals surface area contributed by atoms with Gasteiger partial charge >= 0.3 is 0 Å². The van der Waals surface area contributed by atoms with Crippen molar-refractivity contribution in [3.63, 3.8) is 0 Å². The van der Waals surface area contributed by atoms with Gasteiger partial charge in [-0.1, -0.05) is 55.8 Å². The third kappa shape index (κ3) is 3.70. The van der Waals surface area contributed by atoms with Crippen molar-refractivity contribution >= 4 is 11.7 Å². The van der Waals surface area contributed by atoms with Crippen molar-refractivity contribution in [2.75, 3.05) is 6.54 Å². The van der Waals surface area contributed by atoms with Crippen LogP contribution in [0.3, 0.4) is 0 Å². The molecular formula is C27H29NO4. The Morgan fingerprint density at radius 3 is 2.50 bits per heavy atom. The molecule has 32 heavy (non-hydrogen) atoms. The average molecular weight is 432 g/mol. The second-order valence-corrected chi connectivity index (χ2v) is 8.90. The van der Waals surface area contributed by atoms with Crippen LogP contribution in [0.1, 0.15) is 56.2 Å². The van der Waals surface area contributed by atoms with Crippen molar-refractivity contribution in [2.24, 2.45) is 5.92 Å². The first-order valence-corrected chi connectivity index (χ1v) is 11.7. The molecule has 0 bridgehead atoms. The summed E-state index contributed by atoms with van der Waals surface area (Å²) in [5.41, 5.74) is 2.59. The Labute approximate surface area is 189 Å². The summed E-state index contributed by atoms with van der Waals surface area (Å²) in [6, 6.07) is 17.4. The molecule has 1 aliphatic carbocycles. The van der Waals surface area contributed by atoms with Crippen LogP contribution in [0.5, 0.6) is 5.75 Å². The van der Waals surface area contributed by atoms with Gasteiger partial charge in [-0.3, -0.25) is 9.59 Å². The van der Waals surface area contributed by atoms with Gasteiger partial charge < -0.3 is 14.4 Å². The summed E-state index contributed by atoms with van der Waals surface area (Å²) < 4.78 is 12.1. The fourth-order valence-electron chi connectivity index (χ4n) is 5.20. The lowest BCUT2D eigenvalue weighted by Crippen LogP contribution is -2.39. The highest BCUT2D eigenvalue weighted by molar-refractivity contribution is 6.11. The number of ether oxygens (including phenoxy) is 2. The van der Waals surface area contributed by atoms with Crippen LogP contribution < -0.4 is 4.74 Å². The zero-order chi connectivity index (χ0) is 22.1. The minimum atomic E-state index is -0.379. The highest BCUT2D eigenvalue weighted by Crippen LogP contribution is 2.46. The number of ketones is 1. The average Bonchev–Trinajstić information content (AvgIpc) is 3.11. The molecule has 3 atom stereocenters. The first kappa shape index (κ1) is 20.8. The predicted octanol–water partition coefficient (Wildman–Crippen LogP) is 4.97. The lowest BCUT2D eigenvalue weighted by Gasteiger charge is -2.35. The first-order valence-electron chi connectivity index (χ1n) is 11.7. The highest BCUT2D eigenvalue weighted by Gasteiger charge is 2.51. The molecule has 0 radical (unpaired) electrons. The molecule has 1 saturated carbocycles. The normalized spacial score (nSPS) is 24.8. The van der Waals surface area contributed by atoms with E-state index in [9.17, 15) is 9.59 Å². The van der Waals surface area contributed by atoms with E-state index < -0.39 is 0 Å².